The van der Waals surface area contributed by atoms with Crippen LogP contribution in [-0.2, 0) is 6.61 Å². The SMILES string of the molecule is COc1ccc(Br)cc1C(=O)N/N=C\c1ccc(OCc2ccc(Cl)cc2)c(Br)c1. The van der Waals surface area contributed by atoms with Crippen LogP contribution < -0.4 is 14.9 Å². The summed E-state index contributed by atoms with van der Waals surface area (Å²) in [6.45, 7) is 0.424. The largest absolute Gasteiger partial charge is 0.496 e. The second kappa shape index (κ2) is 10.6. The summed E-state index contributed by atoms with van der Waals surface area (Å²) in [4.78, 5) is 12.4. The van der Waals surface area contributed by atoms with Gasteiger partial charge in [0, 0.05) is 9.50 Å². The minimum Gasteiger partial charge on any atom is -0.496 e. The van der Waals surface area contributed by atoms with Gasteiger partial charge in [0.25, 0.3) is 5.91 Å². The molecule has 0 aliphatic heterocycles. The van der Waals surface area contributed by atoms with Crippen molar-refractivity contribution in [3.63, 3.8) is 0 Å². The highest BCUT2D eigenvalue weighted by Crippen LogP contribution is 2.27. The van der Waals surface area contributed by atoms with Crippen LogP contribution in [0.5, 0.6) is 11.5 Å². The van der Waals surface area contributed by atoms with Crippen molar-refractivity contribution in [2.75, 3.05) is 7.11 Å². The van der Waals surface area contributed by atoms with Gasteiger partial charge in [0.05, 0.1) is 23.4 Å². The molecule has 1 amide bonds. The number of rotatable bonds is 7. The van der Waals surface area contributed by atoms with E-state index >= 15 is 0 Å². The molecule has 3 aromatic carbocycles. The molecule has 0 heterocycles. The van der Waals surface area contributed by atoms with Gasteiger partial charge in [-0.15, -0.1) is 0 Å². The van der Waals surface area contributed by atoms with Gasteiger partial charge in [0.15, 0.2) is 0 Å². The number of hydrogen-bond acceptors (Lipinski definition) is 4. The normalized spacial score (nSPS) is 10.8. The fourth-order valence-electron chi connectivity index (χ4n) is 2.54. The number of halogens is 3. The molecule has 0 aromatic heterocycles. The second-order valence-electron chi connectivity index (χ2n) is 6.15. The molecule has 3 aromatic rings. The van der Waals surface area contributed by atoms with Crippen molar-refractivity contribution in [3.8, 4) is 11.5 Å². The van der Waals surface area contributed by atoms with Crippen molar-refractivity contribution in [3.05, 3.63) is 91.3 Å². The van der Waals surface area contributed by atoms with Crippen molar-refractivity contribution in [1.82, 2.24) is 5.43 Å². The van der Waals surface area contributed by atoms with Crippen LogP contribution in [0.2, 0.25) is 5.02 Å². The van der Waals surface area contributed by atoms with Crippen LogP contribution in [-0.4, -0.2) is 19.2 Å². The number of hydrogen-bond donors (Lipinski definition) is 1. The van der Waals surface area contributed by atoms with Crippen molar-refractivity contribution in [2.45, 2.75) is 6.61 Å². The van der Waals surface area contributed by atoms with E-state index in [0.717, 1.165) is 20.1 Å². The van der Waals surface area contributed by atoms with Gasteiger partial charge in [-0.05, 0) is 75.6 Å². The van der Waals surface area contributed by atoms with Gasteiger partial charge in [-0.3, -0.25) is 4.79 Å². The van der Waals surface area contributed by atoms with Crippen LogP contribution in [0.15, 0.2) is 74.7 Å². The fourth-order valence-corrected chi connectivity index (χ4v) is 3.54. The third-order valence-corrected chi connectivity index (χ3v) is 5.41. The molecule has 154 valence electrons. The lowest BCUT2D eigenvalue weighted by Gasteiger charge is -2.09. The van der Waals surface area contributed by atoms with Crippen LogP contribution in [0.3, 0.4) is 0 Å². The maximum Gasteiger partial charge on any atom is 0.275 e. The van der Waals surface area contributed by atoms with E-state index in [2.05, 4.69) is 42.4 Å². The number of carbonyl (C=O) groups excluding carboxylic acids is 1. The lowest BCUT2D eigenvalue weighted by molar-refractivity contribution is 0.0952. The summed E-state index contributed by atoms with van der Waals surface area (Å²) >= 11 is 12.7. The molecule has 30 heavy (non-hydrogen) atoms. The number of nitrogens with one attached hydrogen (secondary N) is 1. The minimum atomic E-state index is -0.369. The number of hydrazone groups is 1. The Balaban J connectivity index is 1.61. The average molecular weight is 553 g/mol. The number of carbonyl (C=O) groups is 1. The molecule has 3 rings (SSSR count). The van der Waals surface area contributed by atoms with E-state index in [0.29, 0.717) is 28.7 Å². The first kappa shape index (κ1) is 22.3. The smallest absolute Gasteiger partial charge is 0.275 e. The maximum absolute atomic E-state index is 12.4. The molecule has 0 saturated heterocycles. The predicted octanol–water partition coefficient (Wildman–Crippen LogP) is 6.22. The Morgan fingerprint density at radius 3 is 2.50 bits per heavy atom. The summed E-state index contributed by atoms with van der Waals surface area (Å²) in [5, 5.41) is 4.71. The molecular weight excluding hydrogens is 536 g/mol. The Bertz CT molecular complexity index is 1070. The first-order chi connectivity index (χ1) is 14.5. The Morgan fingerprint density at radius 1 is 1.07 bits per heavy atom. The average Bonchev–Trinajstić information content (AvgIpc) is 2.74. The summed E-state index contributed by atoms with van der Waals surface area (Å²) in [6.07, 6.45) is 1.55. The number of nitrogens with zero attached hydrogens (tertiary/aromatic N) is 1. The van der Waals surface area contributed by atoms with E-state index < -0.39 is 0 Å². The Labute approximate surface area is 196 Å². The fraction of sp³-hybridized carbons (Fsp3) is 0.0909. The zero-order valence-corrected chi connectivity index (χ0v) is 19.8. The number of methoxy groups -OCH3 is 1. The van der Waals surface area contributed by atoms with Gasteiger partial charge in [0.1, 0.15) is 18.1 Å². The molecule has 0 fully saturated rings. The highest BCUT2D eigenvalue weighted by Gasteiger charge is 2.12. The van der Waals surface area contributed by atoms with E-state index in [1.165, 1.54) is 7.11 Å². The standard InChI is InChI=1S/C22H17Br2ClN2O3/c1-29-20-9-5-16(23)11-18(20)22(28)27-26-12-15-4-8-21(19(24)10-15)30-13-14-2-6-17(25)7-3-14/h2-12H,13H2,1H3,(H,27,28)/b26-12-. The van der Waals surface area contributed by atoms with Crippen LogP contribution in [0.25, 0.3) is 0 Å². The summed E-state index contributed by atoms with van der Waals surface area (Å²) in [7, 11) is 1.51. The summed E-state index contributed by atoms with van der Waals surface area (Å²) in [5.74, 6) is 0.798. The first-order valence-corrected chi connectivity index (χ1v) is 10.8. The van der Waals surface area contributed by atoms with E-state index in [4.69, 9.17) is 21.1 Å². The Kier molecular flexibility index (Phi) is 7.90. The van der Waals surface area contributed by atoms with Gasteiger partial charge in [-0.1, -0.05) is 39.7 Å². The monoisotopic (exact) mass is 550 g/mol. The molecule has 0 aliphatic carbocycles. The van der Waals surface area contributed by atoms with E-state index in [-0.39, 0.29) is 5.91 Å². The molecule has 0 spiro atoms. The molecule has 0 saturated carbocycles. The second-order valence-corrected chi connectivity index (χ2v) is 8.36. The van der Waals surface area contributed by atoms with Gasteiger partial charge in [-0.2, -0.15) is 5.10 Å². The van der Waals surface area contributed by atoms with Gasteiger partial charge >= 0.3 is 0 Å². The zero-order chi connectivity index (χ0) is 21.5. The third-order valence-electron chi connectivity index (χ3n) is 4.05. The predicted molar refractivity (Wildman–Crippen MR) is 126 cm³/mol. The third kappa shape index (κ3) is 6.08. The topological polar surface area (TPSA) is 59.9 Å². The summed E-state index contributed by atoms with van der Waals surface area (Å²) in [5.41, 5.74) is 4.70. The number of ether oxygens (including phenoxy) is 2. The molecule has 5 nitrogen and oxygen atoms in total. The molecule has 1 N–H and O–H groups in total. The quantitative estimate of drug-likeness (QED) is 0.280. The first-order valence-electron chi connectivity index (χ1n) is 8.80. The van der Waals surface area contributed by atoms with Gasteiger partial charge < -0.3 is 9.47 Å². The van der Waals surface area contributed by atoms with Crippen LogP contribution in [0.4, 0.5) is 0 Å². The number of amides is 1. The van der Waals surface area contributed by atoms with Gasteiger partial charge in [0.2, 0.25) is 0 Å². The molecule has 0 atom stereocenters. The van der Waals surface area contributed by atoms with Crippen LogP contribution >= 0.6 is 43.5 Å². The van der Waals surface area contributed by atoms with Crippen LogP contribution in [0, 0.1) is 0 Å². The molecule has 0 unspecified atom stereocenters. The van der Waals surface area contributed by atoms with E-state index in [9.17, 15) is 4.79 Å². The summed E-state index contributed by atoms with van der Waals surface area (Å²) < 4.78 is 12.6. The van der Waals surface area contributed by atoms with E-state index in [1.807, 2.05) is 42.5 Å². The zero-order valence-electron chi connectivity index (χ0n) is 15.9. The number of benzene rings is 3. The van der Waals surface area contributed by atoms with Crippen molar-refractivity contribution < 1.29 is 14.3 Å². The van der Waals surface area contributed by atoms with E-state index in [1.54, 1.807) is 24.4 Å². The Morgan fingerprint density at radius 2 is 1.80 bits per heavy atom. The van der Waals surface area contributed by atoms with Gasteiger partial charge in [-0.25, -0.2) is 5.43 Å². The lowest BCUT2D eigenvalue weighted by Crippen LogP contribution is -2.18. The van der Waals surface area contributed by atoms with Crippen molar-refractivity contribution in [2.24, 2.45) is 5.10 Å². The lowest BCUT2D eigenvalue weighted by atomic mass is 10.2. The highest BCUT2D eigenvalue weighted by atomic mass is 79.9. The maximum atomic E-state index is 12.4. The molecule has 0 aliphatic rings. The minimum absolute atomic E-state index is 0.369. The highest BCUT2D eigenvalue weighted by molar-refractivity contribution is 9.10. The molecular formula is C22H17Br2ClN2O3. The Hall–Kier alpha value is -2.35. The molecule has 8 heteroatoms. The van der Waals surface area contributed by atoms with Crippen molar-refractivity contribution in [1.29, 1.82) is 0 Å². The summed E-state index contributed by atoms with van der Waals surface area (Å²) in [6, 6.07) is 18.2. The van der Waals surface area contributed by atoms with Crippen LogP contribution in [0.1, 0.15) is 21.5 Å². The molecule has 0 bridgehead atoms. The van der Waals surface area contributed by atoms with Crippen molar-refractivity contribution >= 4 is 55.6 Å². The molecule has 0 radical (unpaired) electrons.